The van der Waals surface area contributed by atoms with Gasteiger partial charge in [0.25, 0.3) is 0 Å². The molecule has 1 saturated heterocycles. The lowest BCUT2D eigenvalue weighted by Gasteiger charge is -2.33. The summed E-state index contributed by atoms with van der Waals surface area (Å²) >= 11 is 0. The van der Waals surface area contributed by atoms with E-state index in [1.54, 1.807) is 0 Å². The quantitative estimate of drug-likeness (QED) is 0.909. The van der Waals surface area contributed by atoms with Gasteiger partial charge in [-0.3, -0.25) is 0 Å². The topological polar surface area (TPSA) is 66.3 Å². The standard InChI is InChI=1S/C15H17N3O2/c1-15(2)8-5-9-18(15)13-10-6-3-4-7-11(10)16-12(17-13)14(19)20/h3-4,6-7H,5,8-9H2,1-2H3,(H,19,20). The smallest absolute Gasteiger partial charge is 0.374 e. The molecule has 2 aromatic rings. The highest BCUT2D eigenvalue weighted by molar-refractivity contribution is 5.94. The van der Waals surface area contributed by atoms with E-state index in [-0.39, 0.29) is 11.4 Å². The van der Waals surface area contributed by atoms with Gasteiger partial charge in [-0.2, -0.15) is 0 Å². The Morgan fingerprint density at radius 3 is 2.70 bits per heavy atom. The van der Waals surface area contributed by atoms with Gasteiger partial charge in [-0.1, -0.05) is 12.1 Å². The number of hydrogen-bond donors (Lipinski definition) is 1. The molecule has 0 bridgehead atoms. The average molecular weight is 271 g/mol. The predicted octanol–water partition coefficient (Wildman–Crippen LogP) is 2.71. The molecule has 1 aromatic heterocycles. The summed E-state index contributed by atoms with van der Waals surface area (Å²) in [6.45, 7) is 5.22. The van der Waals surface area contributed by atoms with Gasteiger partial charge in [0.2, 0.25) is 5.82 Å². The molecule has 0 amide bonds. The number of carboxylic acid groups (broad SMARTS) is 1. The molecule has 1 N–H and O–H groups in total. The SMILES string of the molecule is CC1(C)CCCN1c1nc(C(=O)O)nc2ccccc12. The number of fused-ring (bicyclic) bond motifs is 1. The summed E-state index contributed by atoms with van der Waals surface area (Å²) in [5.41, 5.74) is 0.671. The molecular weight excluding hydrogens is 254 g/mol. The molecule has 2 heterocycles. The van der Waals surface area contributed by atoms with Crippen LogP contribution >= 0.6 is 0 Å². The van der Waals surface area contributed by atoms with Gasteiger partial charge in [-0.15, -0.1) is 0 Å². The highest BCUT2D eigenvalue weighted by Gasteiger charge is 2.34. The molecule has 20 heavy (non-hydrogen) atoms. The van der Waals surface area contributed by atoms with Crippen LogP contribution in [-0.4, -0.2) is 33.1 Å². The second-order valence-corrected chi connectivity index (χ2v) is 5.76. The molecule has 1 aliphatic heterocycles. The maximum Gasteiger partial charge on any atom is 0.374 e. The Labute approximate surface area is 117 Å². The summed E-state index contributed by atoms with van der Waals surface area (Å²) in [6, 6.07) is 7.57. The minimum Gasteiger partial charge on any atom is -0.475 e. The van der Waals surface area contributed by atoms with Gasteiger partial charge in [0, 0.05) is 17.5 Å². The Morgan fingerprint density at radius 2 is 2.05 bits per heavy atom. The molecular formula is C15H17N3O2. The minimum absolute atomic E-state index is 0.00705. The van der Waals surface area contributed by atoms with E-state index in [9.17, 15) is 9.90 Å². The van der Waals surface area contributed by atoms with Crippen LogP contribution in [-0.2, 0) is 0 Å². The zero-order chi connectivity index (χ0) is 14.3. The van der Waals surface area contributed by atoms with Crippen molar-refractivity contribution in [1.29, 1.82) is 0 Å². The second-order valence-electron chi connectivity index (χ2n) is 5.76. The number of aromatic nitrogens is 2. The Balaban J connectivity index is 2.25. The van der Waals surface area contributed by atoms with Gasteiger partial charge in [0.15, 0.2) is 0 Å². The number of benzene rings is 1. The van der Waals surface area contributed by atoms with Gasteiger partial charge >= 0.3 is 5.97 Å². The van der Waals surface area contributed by atoms with Gasteiger partial charge < -0.3 is 10.0 Å². The Hall–Kier alpha value is -2.17. The number of anilines is 1. The molecule has 0 radical (unpaired) electrons. The largest absolute Gasteiger partial charge is 0.475 e. The fourth-order valence-electron chi connectivity index (χ4n) is 2.86. The number of carbonyl (C=O) groups is 1. The normalized spacial score (nSPS) is 17.6. The van der Waals surface area contributed by atoms with Crippen molar-refractivity contribution in [2.75, 3.05) is 11.4 Å². The van der Waals surface area contributed by atoms with E-state index < -0.39 is 5.97 Å². The van der Waals surface area contributed by atoms with Crippen molar-refractivity contribution in [3.8, 4) is 0 Å². The highest BCUT2D eigenvalue weighted by Crippen LogP contribution is 2.35. The maximum atomic E-state index is 11.2. The van der Waals surface area contributed by atoms with Crippen LogP contribution in [0.4, 0.5) is 5.82 Å². The lowest BCUT2D eigenvalue weighted by molar-refractivity contribution is 0.0684. The molecule has 104 valence electrons. The van der Waals surface area contributed by atoms with E-state index in [2.05, 4.69) is 28.7 Å². The number of aromatic carboxylic acids is 1. The number of nitrogens with zero attached hydrogens (tertiary/aromatic N) is 3. The first-order chi connectivity index (χ1) is 9.49. The Bertz CT molecular complexity index is 682. The van der Waals surface area contributed by atoms with Crippen LogP contribution in [0.2, 0.25) is 0 Å². The summed E-state index contributed by atoms with van der Waals surface area (Å²) in [6.07, 6.45) is 2.17. The van der Waals surface area contributed by atoms with Gasteiger partial charge in [0.05, 0.1) is 5.52 Å². The van der Waals surface area contributed by atoms with Crippen molar-refractivity contribution in [3.63, 3.8) is 0 Å². The third kappa shape index (κ3) is 1.99. The van der Waals surface area contributed by atoms with Crippen LogP contribution in [0.1, 0.15) is 37.3 Å². The number of carboxylic acids is 1. The third-order valence-electron chi connectivity index (χ3n) is 3.93. The average Bonchev–Trinajstić information content (AvgIpc) is 2.77. The summed E-state index contributed by atoms with van der Waals surface area (Å²) in [4.78, 5) is 21.8. The van der Waals surface area contributed by atoms with E-state index >= 15 is 0 Å². The van der Waals surface area contributed by atoms with E-state index in [1.165, 1.54) is 0 Å². The molecule has 0 spiro atoms. The fourth-order valence-corrected chi connectivity index (χ4v) is 2.86. The first-order valence-electron chi connectivity index (χ1n) is 6.77. The highest BCUT2D eigenvalue weighted by atomic mass is 16.4. The molecule has 1 fully saturated rings. The molecule has 0 saturated carbocycles. The number of rotatable bonds is 2. The molecule has 5 heteroatoms. The molecule has 5 nitrogen and oxygen atoms in total. The van der Waals surface area contributed by atoms with E-state index in [1.807, 2.05) is 24.3 Å². The molecule has 0 aliphatic carbocycles. The van der Waals surface area contributed by atoms with Crippen LogP contribution < -0.4 is 4.90 Å². The summed E-state index contributed by atoms with van der Waals surface area (Å²) in [5.74, 6) is -0.495. The van der Waals surface area contributed by atoms with Gasteiger partial charge in [-0.05, 0) is 38.8 Å². The zero-order valence-corrected chi connectivity index (χ0v) is 11.6. The van der Waals surface area contributed by atoms with Crippen molar-refractivity contribution in [3.05, 3.63) is 30.1 Å². The molecule has 3 rings (SSSR count). The van der Waals surface area contributed by atoms with Crippen LogP contribution in [0.25, 0.3) is 10.9 Å². The third-order valence-corrected chi connectivity index (χ3v) is 3.93. The van der Waals surface area contributed by atoms with Crippen molar-refractivity contribution in [1.82, 2.24) is 9.97 Å². The second kappa shape index (κ2) is 4.44. The first kappa shape index (κ1) is 12.8. The number of para-hydroxylation sites is 1. The van der Waals surface area contributed by atoms with Crippen molar-refractivity contribution < 1.29 is 9.90 Å². The molecule has 0 unspecified atom stereocenters. The summed E-state index contributed by atoms with van der Waals surface area (Å²) in [5, 5.41) is 10.1. The summed E-state index contributed by atoms with van der Waals surface area (Å²) in [7, 11) is 0. The van der Waals surface area contributed by atoms with Gasteiger partial charge in [0.1, 0.15) is 5.82 Å². The van der Waals surface area contributed by atoms with Crippen molar-refractivity contribution in [2.45, 2.75) is 32.2 Å². The van der Waals surface area contributed by atoms with Crippen molar-refractivity contribution in [2.24, 2.45) is 0 Å². The minimum atomic E-state index is -1.09. The summed E-state index contributed by atoms with van der Waals surface area (Å²) < 4.78 is 0. The molecule has 1 aromatic carbocycles. The molecule has 1 aliphatic rings. The molecule has 0 atom stereocenters. The van der Waals surface area contributed by atoms with Crippen LogP contribution in [0.3, 0.4) is 0 Å². The lowest BCUT2D eigenvalue weighted by atomic mass is 10.0. The number of hydrogen-bond acceptors (Lipinski definition) is 4. The monoisotopic (exact) mass is 271 g/mol. The van der Waals surface area contributed by atoms with Crippen molar-refractivity contribution >= 4 is 22.7 Å². The predicted molar refractivity (Wildman–Crippen MR) is 77.2 cm³/mol. The first-order valence-corrected chi connectivity index (χ1v) is 6.77. The van der Waals surface area contributed by atoms with Crippen LogP contribution in [0.15, 0.2) is 24.3 Å². The van der Waals surface area contributed by atoms with Crippen LogP contribution in [0.5, 0.6) is 0 Å². The Kier molecular flexibility index (Phi) is 2.85. The van der Waals surface area contributed by atoms with E-state index in [4.69, 9.17) is 0 Å². The fraction of sp³-hybridized carbons (Fsp3) is 0.400. The maximum absolute atomic E-state index is 11.2. The lowest BCUT2D eigenvalue weighted by Crippen LogP contribution is -2.39. The van der Waals surface area contributed by atoms with E-state index in [0.29, 0.717) is 5.52 Å². The van der Waals surface area contributed by atoms with Crippen LogP contribution in [0, 0.1) is 0 Å². The van der Waals surface area contributed by atoms with E-state index in [0.717, 1.165) is 30.6 Å². The zero-order valence-electron chi connectivity index (χ0n) is 11.6. The Morgan fingerprint density at radius 1 is 1.30 bits per heavy atom. The van der Waals surface area contributed by atoms with Gasteiger partial charge in [-0.25, -0.2) is 14.8 Å².